The predicted molar refractivity (Wildman–Crippen MR) is 62.2 cm³/mol. The van der Waals surface area contributed by atoms with Crippen molar-refractivity contribution in [2.24, 2.45) is 5.92 Å². The minimum Gasteiger partial charge on any atom is -0.372 e. The zero-order valence-corrected chi connectivity index (χ0v) is 10.1. The van der Waals surface area contributed by atoms with Crippen LogP contribution in [0.15, 0.2) is 0 Å². The maximum absolute atomic E-state index is 11.8. The number of hydrogen-bond donors (Lipinski definition) is 1. The van der Waals surface area contributed by atoms with Crippen LogP contribution in [0.5, 0.6) is 0 Å². The van der Waals surface area contributed by atoms with Gasteiger partial charge in [0.1, 0.15) is 6.61 Å². The van der Waals surface area contributed by atoms with E-state index in [9.17, 15) is 4.79 Å². The van der Waals surface area contributed by atoms with Crippen LogP contribution in [0.4, 0.5) is 0 Å². The standard InChI is InChI=1S/C12H22N2O2/c1-2-6-16-9-12(15)14-7-10-4-3-5-13-11(10)8-14/h10-11,13H,2-9H2,1H3. The lowest BCUT2D eigenvalue weighted by Crippen LogP contribution is -2.41. The molecule has 0 saturated carbocycles. The number of fused-ring (bicyclic) bond motifs is 1. The molecule has 2 aliphatic rings. The minimum absolute atomic E-state index is 0.157. The summed E-state index contributed by atoms with van der Waals surface area (Å²) < 4.78 is 5.30. The van der Waals surface area contributed by atoms with E-state index in [1.165, 1.54) is 12.8 Å². The van der Waals surface area contributed by atoms with Gasteiger partial charge in [0.05, 0.1) is 0 Å². The lowest BCUT2D eigenvalue weighted by atomic mass is 9.94. The molecule has 92 valence electrons. The molecule has 2 aliphatic heterocycles. The summed E-state index contributed by atoms with van der Waals surface area (Å²) >= 11 is 0. The van der Waals surface area contributed by atoms with Crippen molar-refractivity contribution < 1.29 is 9.53 Å². The third-order valence-electron chi connectivity index (χ3n) is 3.53. The molecule has 16 heavy (non-hydrogen) atoms. The van der Waals surface area contributed by atoms with Crippen molar-refractivity contribution in [2.45, 2.75) is 32.2 Å². The first-order valence-corrected chi connectivity index (χ1v) is 6.40. The Hall–Kier alpha value is -0.610. The van der Waals surface area contributed by atoms with Crippen LogP contribution in [0, 0.1) is 5.92 Å². The molecule has 1 amide bonds. The molecule has 2 atom stereocenters. The molecule has 0 aromatic heterocycles. The maximum atomic E-state index is 11.8. The van der Waals surface area contributed by atoms with Crippen LogP contribution in [0.3, 0.4) is 0 Å². The van der Waals surface area contributed by atoms with Gasteiger partial charge in [-0.25, -0.2) is 0 Å². The first-order valence-electron chi connectivity index (χ1n) is 6.40. The second-order valence-electron chi connectivity index (χ2n) is 4.81. The van der Waals surface area contributed by atoms with Crippen LogP contribution in [-0.2, 0) is 9.53 Å². The van der Waals surface area contributed by atoms with Crippen molar-refractivity contribution in [3.8, 4) is 0 Å². The van der Waals surface area contributed by atoms with Crippen molar-refractivity contribution in [3.05, 3.63) is 0 Å². The third-order valence-corrected chi connectivity index (χ3v) is 3.53. The summed E-state index contributed by atoms with van der Waals surface area (Å²) in [5.41, 5.74) is 0. The molecule has 0 bridgehead atoms. The molecule has 0 spiro atoms. The predicted octanol–water partition coefficient (Wildman–Crippen LogP) is 0.623. The Morgan fingerprint density at radius 1 is 1.50 bits per heavy atom. The van der Waals surface area contributed by atoms with Gasteiger partial charge in [-0.1, -0.05) is 6.92 Å². The number of nitrogens with one attached hydrogen (secondary N) is 1. The Kier molecular flexibility index (Phi) is 4.18. The number of hydrogen-bond acceptors (Lipinski definition) is 3. The van der Waals surface area contributed by atoms with Crippen LogP contribution >= 0.6 is 0 Å². The van der Waals surface area contributed by atoms with Gasteiger partial charge in [-0.15, -0.1) is 0 Å². The molecular formula is C12H22N2O2. The van der Waals surface area contributed by atoms with Crippen LogP contribution in [-0.4, -0.2) is 49.7 Å². The van der Waals surface area contributed by atoms with E-state index in [1.807, 2.05) is 4.90 Å². The Morgan fingerprint density at radius 2 is 2.38 bits per heavy atom. The fraction of sp³-hybridized carbons (Fsp3) is 0.917. The van der Waals surface area contributed by atoms with E-state index in [-0.39, 0.29) is 12.5 Å². The highest BCUT2D eigenvalue weighted by Crippen LogP contribution is 2.24. The largest absolute Gasteiger partial charge is 0.372 e. The summed E-state index contributed by atoms with van der Waals surface area (Å²) in [5.74, 6) is 0.827. The van der Waals surface area contributed by atoms with E-state index in [1.54, 1.807) is 0 Å². The molecular weight excluding hydrogens is 204 g/mol. The third kappa shape index (κ3) is 2.74. The minimum atomic E-state index is 0.157. The average molecular weight is 226 g/mol. The highest BCUT2D eigenvalue weighted by Gasteiger charge is 2.36. The number of nitrogens with zero attached hydrogens (tertiary/aromatic N) is 1. The molecule has 0 radical (unpaired) electrons. The lowest BCUT2D eigenvalue weighted by Gasteiger charge is -2.24. The number of carbonyl (C=O) groups is 1. The summed E-state index contributed by atoms with van der Waals surface area (Å²) in [6.07, 6.45) is 3.48. The monoisotopic (exact) mass is 226 g/mol. The Balaban J connectivity index is 1.76. The van der Waals surface area contributed by atoms with Gasteiger partial charge in [-0.05, 0) is 31.7 Å². The number of carbonyl (C=O) groups excluding carboxylic acids is 1. The number of ether oxygens (including phenoxy) is 1. The zero-order valence-electron chi connectivity index (χ0n) is 10.1. The van der Waals surface area contributed by atoms with E-state index < -0.39 is 0 Å². The molecule has 4 heteroatoms. The molecule has 2 rings (SSSR count). The lowest BCUT2D eigenvalue weighted by molar-refractivity contribution is -0.135. The Morgan fingerprint density at radius 3 is 3.12 bits per heavy atom. The summed E-state index contributed by atoms with van der Waals surface area (Å²) in [4.78, 5) is 13.8. The molecule has 0 aliphatic carbocycles. The van der Waals surface area contributed by atoms with Crippen LogP contribution in [0.1, 0.15) is 26.2 Å². The number of piperidine rings is 1. The topological polar surface area (TPSA) is 41.6 Å². The summed E-state index contributed by atoms with van der Waals surface area (Å²) in [5, 5.41) is 3.50. The van der Waals surface area contributed by atoms with Gasteiger partial charge in [0, 0.05) is 25.7 Å². The van der Waals surface area contributed by atoms with Crippen LogP contribution in [0.2, 0.25) is 0 Å². The molecule has 2 fully saturated rings. The Labute approximate surface area is 97.3 Å². The summed E-state index contributed by atoms with van der Waals surface area (Å²) in [6.45, 7) is 5.90. The first-order chi connectivity index (χ1) is 7.81. The molecule has 0 aromatic rings. The van der Waals surface area contributed by atoms with Crippen molar-refractivity contribution in [1.29, 1.82) is 0 Å². The van der Waals surface area contributed by atoms with E-state index >= 15 is 0 Å². The van der Waals surface area contributed by atoms with E-state index in [4.69, 9.17) is 4.74 Å². The first kappa shape index (κ1) is 11.9. The van der Waals surface area contributed by atoms with E-state index in [0.717, 1.165) is 26.1 Å². The van der Waals surface area contributed by atoms with Crippen molar-refractivity contribution in [3.63, 3.8) is 0 Å². The molecule has 2 saturated heterocycles. The molecule has 2 unspecified atom stereocenters. The zero-order chi connectivity index (χ0) is 11.4. The number of amides is 1. The normalized spacial score (nSPS) is 29.2. The van der Waals surface area contributed by atoms with Gasteiger partial charge < -0.3 is 15.0 Å². The van der Waals surface area contributed by atoms with Gasteiger partial charge in [0.15, 0.2) is 0 Å². The molecule has 4 nitrogen and oxygen atoms in total. The van der Waals surface area contributed by atoms with Gasteiger partial charge in [-0.3, -0.25) is 4.79 Å². The summed E-state index contributed by atoms with van der Waals surface area (Å²) in [6, 6.07) is 0.531. The molecule has 1 N–H and O–H groups in total. The SMILES string of the molecule is CCCOCC(=O)N1CC2CCCNC2C1. The fourth-order valence-electron chi connectivity index (χ4n) is 2.65. The van der Waals surface area contributed by atoms with Crippen molar-refractivity contribution in [1.82, 2.24) is 10.2 Å². The number of likely N-dealkylation sites (tertiary alicyclic amines) is 1. The van der Waals surface area contributed by atoms with Gasteiger partial charge in [0.2, 0.25) is 5.91 Å². The van der Waals surface area contributed by atoms with Crippen LogP contribution < -0.4 is 5.32 Å². The second kappa shape index (κ2) is 5.64. The second-order valence-corrected chi connectivity index (χ2v) is 4.81. The Bertz CT molecular complexity index is 231. The van der Waals surface area contributed by atoms with Crippen molar-refractivity contribution >= 4 is 5.91 Å². The highest BCUT2D eigenvalue weighted by molar-refractivity contribution is 5.77. The summed E-state index contributed by atoms with van der Waals surface area (Å²) in [7, 11) is 0. The van der Waals surface area contributed by atoms with Gasteiger partial charge >= 0.3 is 0 Å². The van der Waals surface area contributed by atoms with E-state index in [0.29, 0.717) is 18.6 Å². The van der Waals surface area contributed by atoms with Gasteiger partial charge in [0.25, 0.3) is 0 Å². The maximum Gasteiger partial charge on any atom is 0.248 e. The van der Waals surface area contributed by atoms with Crippen molar-refractivity contribution in [2.75, 3.05) is 32.8 Å². The average Bonchev–Trinajstić information content (AvgIpc) is 2.73. The smallest absolute Gasteiger partial charge is 0.248 e. The quantitative estimate of drug-likeness (QED) is 0.715. The van der Waals surface area contributed by atoms with Gasteiger partial charge in [-0.2, -0.15) is 0 Å². The van der Waals surface area contributed by atoms with E-state index in [2.05, 4.69) is 12.2 Å². The fourth-order valence-corrected chi connectivity index (χ4v) is 2.65. The number of rotatable bonds is 4. The highest BCUT2D eigenvalue weighted by atomic mass is 16.5. The molecule has 0 aromatic carbocycles. The van der Waals surface area contributed by atoms with Crippen LogP contribution in [0.25, 0.3) is 0 Å². The molecule has 2 heterocycles.